The number of hydrogen-bond acceptors (Lipinski definition) is 6. The molecule has 2 heterocycles. The molecule has 6 rings (SSSR count). The Morgan fingerprint density at radius 3 is 2.63 bits per heavy atom. The highest BCUT2D eigenvalue weighted by Crippen LogP contribution is 2.37. The highest BCUT2D eigenvalue weighted by Gasteiger charge is 2.15. The molecule has 0 bridgehead atoms. The second-order valence-corrected chi connectivity index (χ2v) is 9.08. The molecule has 0 radical (unpaired) electrons. The van der Waals surface area contributed by atoms with Crippen molar-refractivity contribution in [3.05, 3.63) is 107 Å². The zero-order valence-corrected chi connectivity index (χ0v) is 19.7. The van der Waals surface area contributed by atoms with E-state index < -0.39 is 0 Å². The molecular weight excluding hydrogens is 454 g/mol. The molecule has 0 spiro atoms. The first-order chi connectivity index (χ1) is 17.2. The van der Waals surface area contributed by atoms with Crippen LogP contribution in [-0.4, -0.2) is 22.0 Å². The maximum Gasteiger partial charge on any atom is 0.266 e. The molecule has 7 heteroatoms. The second-order valence-electron chi connectivity index (χ2n) is 8.22. The van der Waals surface area contributed by atoms with Gasteiger partial charge in [0.15, 0.2) is 5.13 Å². The molecule has 170 valence electrons. The van der Waals surface area contributed by atoms with Gasteiger partial charge < -0.3 is 15.2 Å². The van der Waals surface area contributed by atoms with Gasteiger partial charge in [0.2, 0.25) is 0 Å². The number of H-pyrrole nitrogens is 1. The Bertz CT molecular complexity index is 1720. The molecule has 2 N–H and O–H groups in total. The van der Waals surface area contributed by atoms with Crippen molar-refractivity contribution in [1.82, 2.24) is 15.0 Å². The lowest BCUT2D eigenvalue weighted by atomic mass is 10.0. The summed E-state index contributed by atoms with van der Waals surface area (Å²) in [5.41, 5.74) is 5.94. The van der Waals surface area contributed by atoms with Gasteiger partial charge in [0.05, 0.1) is 34.3 Å². The van der Waals surface area contributed by atoms with Crippen molar-refractivity contribution in [1.29, 1.82) is 0 Å². The average molecular weight is 476 g/mol. The van der Waals surface area contributed by atoms with E-state index in [1.807, 2.05) is 49.5 Å². The number of aromatic amines is 1. The Morgan fingerprint density at radius 2 is 1.74 bits per heavy atom. The van der Waals surface area contributed by atoms with E-state index in [1.165, 1.54) is 17.0 Å². The number of nitrogens with zero attached hydrogens (tertiary/aromatic N) is 3. The molecule has 0 saturated carbocycles. The van der Waals surface area contributed by atoms with Crippen LogP contribution in [0.15, 0.2) is 101 Å². The van der Waals surface area contributed by atoms with Crippen LogP contribution < -0.4 is 15.8 Å². The summed E-state index contributed by atoms with van der Waals surface area (Å²) in [5, 5.41) is 8.68. The van der Waals surface area contributed by atoms with Crippen LogP contribution in [0.5, 0.6) is 0 Å². The van der Waals surface area contributed by atoms with Crippen molar-refractivity contribution in [3.8, 4) is 11.3 Å². The summed E-state index contributed by atoms with van der Waals surface area (Å²) in [6.07, 6.45) is 1.30. The third-order valence-electron chi connectivity index (χ3n) is 6.01. The van der Waals surface area contributed by atoms with Gasteiger partial charge in [-0.1, -0.05) is 60.7 Å². The SMILES string of the molecule is CN(c1ccccc1)c1cc2ncc(=O)[nH]c2cc1Nc1nc(-c2cccc3ccccc23)cs1. The predicted molar refractivity (Wildman–Crippen MR) is 145 cm³/mol. The maximum absolute atomic E-state index is 11.9. The molecule has 4 aromatic carbocycles. The molecule has 0 aliphatic carbocycles. The Kier molecular flexibility index (Phi) is 5.24. The standard InChI is InChI=1S/C28H21N5OS/c1-33(19-10-3-2-4-11-19)26-15-22-23(30-27(34)16-29-22)14-24(26)31-28-32-25(17-35-28)21-13-7-9-18-8-5-6-12-20(18)21/h2-17H,1H3,(H,30,34)(H,31,32). The molecule has 0 aliphatic heterocycles. The van der Waals surface area contributed by atoms with E-state index in [4.69, 9.17) is 4.98 Å². The minimum atomic E-state index is -0.236. The molecule has 0 aliphatic rings. The molecule has 35 heavy (non-hydrogen) atoms. The van der Waals surface area contributed by atoms with Gasteiger partial charge in [-0.2, -0.15) is 0 Å². The van der Waals surface area contributed by atoms with Crippen LogP contribution in [0, 0.1) is 0 Å². The number of para-hydroxylation sites is 1. The summed E-state index contributed by atoms with van der Waals surface area (Å²) in [6, 6.07) is 28.6. The normalized spacial score (nSPS) is 11.1. The van der Waals surface area contributed by atoms with Crippen molar-refractivity contribution in [2.45, 2.75) is 0 Å². The number of nitrogens with one attached hydrogen (secondary N) is 2. The quantitative estimate of drug-likeness (QED) is 0.290. The summed E-state index contributed by atoms with van der Waals surface area (Å²) in [6.45, 7) is 0. The van der Waals surface area contributed by atoms with Crippen LogP contribution in [0.3, 0.4) is 0 Å². The fourth-order valence-electron chi connectivity index (χ4n) is 4.26. The van der Waals surface area contributed by atoms with Crippen molar-refractivity contribution in [3.63, 3.8) is 0 Å². The molecule has 0 amide bonds. The smallest absolute Gasteiger partial charge is 0.266 e. The minimum Gasteiger partial charge on any atom is -0.343 e. The van der Waals surface area contributed by atoms with E-state index in [9.17, 15) is 4.79 Å². The number of anilines is 4. The number of fused-ring (bicyclic) bond motifs is 2. The highest BCUT2D eigenvalue weighted by atomic mass is 32.1. The first kappa shape index (κ1) is 21.1. The van der Waals surface area contributed by atoms with Gasteiger partial charge in [-0.15, -0.1) is 11.3 Å². The molecule has 6 nitrogen and oxygen atoms in total. The van der Waals surface area contributed by atoms with Crippen molar-refractivity contribution < 1.29 is 0 Å². The Balaban J connectivity index is 1.43. The van der Waals surface area contributed by atoms with Crippen molar-refractivity contribution in [2.75, 3.05) is 17.3 Å². The lowest BCUT2D eigenvalue weighted by Crippen LogP contribution is -2.12. The summed E-state index contributed by atoms with van der Waals surface area (Å²) in [4.78, 5) is 26.1. The van der Waals surface area contributed by atoms with Crippen LogP contribution in [0.2, 0.25) is 0 Å². The van der Waals surface area contributed by atoms with E-state index in [0.29, 0.717) is 11.0 Å². The molecule has 6 aromatic rings. The molecule has 0 fully saturated rings. The molecule has 0 atom stereocenters. The Labute approximate surface area is 205 Å². The van der Waals surface area contributed by atoms with Gasteiger partial charge >= 0.3 is 0 Å². The lowest BCUT2D eigenvalue weighted by Gasteiger charge is -2.23. The van der Waals surface area contributed by atoms with Crippen molar-refractivity contribution in [2.24, 2.45) is 0 Å². The second kappa shape index (κ2) is 8.70. The van der Waals surface area contributed by atoms with Gasteiger partial charge in [-0.25, -0.2) is 9.97 Å². The van der Waals surface area contributed by atoms with Gasteiger partial charge in [0, 0.05) is 23.7 Å². The zero-order chi connectivity index (χ0) is 23.8. The van der Waals surface area contributed by atoms with Crippen LogP contribution >= 0.6 is 11.3 Å². The Hall–Kier alpha value is -4.49. The zero-order valence-electron chi connectivity index (χ0n) is 18.9. The summed E-state index contributed by atoms with van der Waals surface area (Å²) in [5.74, 6) is 0. The Morgan fingerprint density at radius 1 is 0.943 bits per heavy atom. The minimum absolute atomic E-state index is 0.236. The maximum atomic E-state index is 11.9. The van der Waals surface area contributed by atoms with Crippen molar-refractivity contribution >= 4 is 55.3 Å². The molecular formula is C28H21N5OS. The van der Waals surface area contributed by atoms with E-state index in [0.717, 1.165) is 33.5 Å². The first-order valence-electron chi connectivity index (χ1n) is 11.2. The molecule has 0 unspecified atom stereocenters. The first-order valence-corrected chi connectivity index (χ1v) is 12.1. The van der Waals surface area contributed by atoms with E-state index in [1.54, 1.807) is 11.3 Å². The fourth-order valence-corrected chi connectivity index (χ4v) is 4.99. The summed E-state index contributed by atoms with van der Waals surface area (Å²) >= 11 is 1.54. The van der Waals surface area contributed by atoms with Crippen LogP contribution in [0.1, 0.15) is 0 Å². The average Bonchev–Trinajstić information content (AvgIpc) is 3.36. The number of rotatable bonds is 5. The lowest BCUT2D eigenvalue weighted by molar-refractivity contribution is 1.19. The third-order valence-corrected chi connectivity index (χ3v) is 6.77. The predicted octanol–water partition coefficient (Wildman–Crippen LogP) is 6.71. The van der Waals surface area contributed by atoms with Gasteiger partial charge in [-0.3, -0.25) is 4.79 Å². The number of aromatic nitrogens is 3. The third kappa shape index (κ3) is 4.02. The largest absolute Gasteiger partial charge is 0.343 e. The monoisotopic (exact) mass is 475 g/mol. The topological polar surface area (TPSA) is 73.9 Å². The van der Waals surface area contributed by atoms with E-state index in [2.05, 4.69) is 68.0 Å². The number of hydrogen-bond donors (Lipinski definition) is 2. The van der Waals surface area contributed by atoms with Crippen LogP contribution in [-0.2, 0) is 0 Å². The molecule has 0 saturated heterocycles. The highest BCUT2D eigenvalue weighted by molar-refractivity contribution is 7.14. The van der Waals surface area contributed by atoms with Crippen LogP contribution in [0.4, 0.5) is 22.2 Å². The van der Waals surface area contributed by atoms with Gasteiger partial charge in [0.1, 0.15) is 0 Å². The van der Waals surface area contributed by atoms with Gasteiger partial charge in [-0.05, 0) is 35.0 Å². The van der Waals surface area contributed by atoms with E-state index in [-0.39, 0.29) is 5.56 Å². The summed E-state index contributed by atoms with van der Waals surface area (Å²) in [7, 11) is 2.01. The van der Waals surface area contributed by atoms with E-state index >= 15 is 0 Å². The van der Waals surface area contributed by atoms with Gasteiger partial charge in [0.25, 0.3) is 5.56 Å². The summed E-state index contributed by atoms with van der Waals surface area (Å²) < 4.78 is 0. The number of thiazole rings is 1. The fraction of sp³-hybridized carbons (Fsp3) is 0.0357. The molecule has 2 aromatic heterocycles. The number of benzene rings is 4. The van der Waals surface area contributed by atoms with Crippen LogP contribution in [0.25, 0.3) is 33.1 Å².